The summed E-state index contributed by atoms with van der Waals surface area (Å²) >= 11 is 11.6. The second kappa shape index (κ2) is 8.00. The molecule has 0 atom stereocenters. The van der Waals surface area contributed by atoms with E-state index in [-0.39, 0.29) is 16.6 Å². The van der Waals surface area contributed by atoms with E-state index >= 15 is 0 Å². The van der Waals surface area contributed by atoms with Crippen molar-refractivity contribution in [2.24, 2.45) is 0 Å². The number of methoxy groups -OCH3 is 1. The number of hydrogen-bond acceptors (Lipinski definition) is 4. The Balaban J connectivity index is 1.91. The zero-order valence-electron chi connectivity index (χ0n) is 15.7. The molecule has 4 rings (SSSR count). The lowest BCUT2D eigenvalue weighted by Crippen LogP contribution is -2.27. The van der Waals surface area contributed by atoms with Gasteiger partial charge in [-0.2, -0.15) is 0 Å². The van der Waals surface area contributed by atoms with Crippen molar-refractivity contribution < 1.29 is 13.9 Å². The lowest BCUT2D eigenvalue weighted by atomic mass is 10.00. The highest BCUT2D eigenvalue weighted by Gasteiger charge is 2.27. The van der Waals surface area contributed by atoms with Gasteiger partial charge < -0.3 is 9.47 Å². The molecule has 1 aliphatic rings. The topological polar surface area (TPSA) is 45.4 Å². The molecule has 0 spiro atoms. The molecule has 0 radical (unpaired) electrons. The molecule has 0 aliphatic carbocycles. The standard InChI is InChI=1S/C21H18ClFN2O3S/c1-27-21(29)28-20-18(19(26)24-10-2-3-11-25(20)24)16-12-14(6-9-17(16)22)13-4-7-15(23)8-5-13/h4-9,12H,2-3,10-11H2,1H3. The first kappa shape index (κ1) is 19.7. The van der Waals surface area contributed by atoms with Gasteiger partial charge in [0.2, 0.25) is 5.88 Å². The molecule has 8 heteroatoms. The minimum atomic E-state index is -0.315. The van der Waals surface area contributed by atoms with Crippen LogP contribution in [0.1, 0.15) is 12.8 Å². The Morgan fingerprint density at radius 1 is 1.07 bits per heavy atom. The molecule has 0 saturated heterocycles. The molecule has 0 bridgehead atoms. The van der Waals surface area contributed by atoms with Crippen LogP contribution in [0.25, 0.3) is 22.3 Å². The molecule has 0 saturated carbocycles. The van der Waals surface area contributed by atoms with Crippen molar-refractivity contribution in [1.29, 1.82) is 0 Å². The average molecular weight is 433 g/mol. The van der Waals surface area contributed by atoms with Crippen LogP contribution < -0.4 is 10.3 Å². The van der Waals surface area contributed by atoms with E-state index in [1.807, 2.05) is 12.1 Å². The van der Waals surface area contributed by atoms with Crippen molar-refractivity contribution in [3.05, 3.63) is 63.7 Å². The van der Waals surface area contributed by atoms with Crippen LogP contribution in [0.4, 0.5) is 4.39 Å². The van der Waals surface area contributed by atoms with E-state index in [4.69, 9.17) is 33.3 Å². The summed E-state index contributed by atoms with van der Waals surface area (Å²) in [5.41, 5.74) is 2.28. The van der Waals surface area contributed by atoms with Crippen LogP contribution in [0.2, 0.25) is 5.02 Å². The number of nitrogens with zero attached hydrogens (tertiary/aromatic N) is 2. The van der Waals surface area contributed by atoms with Crippen molar-refractivity contribution in [1.82, 2.24) is 9.36 Å². The van der Waals surface area contributed by atoms with Gasteiger partial charge in [0.15, 0.2) is 0 Å². The Morgan fingerprint density at radius 2 is 1.72 bits per heavy atom. The molecular weight excluding hydrogens is 415 g/mol. The molecule has 1 aliphatic heterocycles. The van der Waals surface area contributed by atoms with Crippen molar-refractivity contribution in [3.63, 3.8) is 0 Å². The lowest BCUT2D eigenvalue weighted by molar-refractivity contribution is 0.277. The fourth-order valence-corrected chi connectivity index (χ4v) is 3.82. The number of aromatic nitrogens is 2. The Kier molecular flexibility index (Phi) is 5.43. The first-order valence-electron chi connectivity index (χ1n) is 9.15. The maximum Gasteiger partial charge on any atom is 0.358 e. The van der Waals surface area contributed by atoms with E-state index in [0.717, 1.165) is 24.0 Å². The maximum atomic E-state index is 13.3. The Morgan fingerprint density at radius 3 is 2.41 bits per heavy atom. The zero-order chi connectivity index (χ0) is 20.5. The molecule has 3 aromatic rings. The molecule has 5 nitrogen and oxygen atoms in total. The van der Waals surface area contributed by atoms with E-state index in [1.54, 1.807) is 27.6 Å². The highest BCUT2D eigenvalue weighted by atomic mass is 35.5. The molecule has 150 valence electrons. The van der Waals surface area contributed by atoms with Crippen LogP contribution in [0, 0.1) is 5.82 Å². The predicted octanol–water partition coefficient (Wildman–Crippen LogP) is 4.88. The molecule has 0 amide bonds. The molecule has 1 aromatic heterocycles. The molecule has 0 unspecified atom stereocenters. The van der Waals surface area contributed by atoms with Gasteiger partial charge in [-0.25, -0.2) is 9.07 Å². The Labute approximate surface area is 177 Å². The van der Waals surface area contributed by atoms with Gasteiger partial charge >= 0.3 is 5.24 Å². The second-order valence-corrected chi connectivity index (χ2v) is 7.44. The molecule has 0 N–H and O–H groups in total. The van der Waals surface area contributed by atoms with Gasteiger partial charge in [-0.1, -0.05) is 29.8 Å². The smallest absolute Gasteiger partial charge is 0.358 e. The number of halogens is 2. The van der Waals surface area contributed by atoms with Gasteiger partial charge in [0.25, 0.3) is 5.56 Å². The summed E-state index contributed by atoms with van der Waals surface area (Å²) in [6.45, 7) is 1.22. The largest absolute Gasteiger partial charge is 0.460 e. The summed E-state index contributed by atoms with van der Waals surface area (Å²) < 4.78 is 27.4. The summed E-state index contributed by atoms with van der Waals surface area (Å²) in [7, 11) is 1.41. The maximum absolute atomic E-state index is 13.3. The third-order valence-electron chi connectivity index (χ3n) is 4.94. The first-order valence-corrected chi connectivity index (χ1v) is 9.93. The zero-order valence-corrected chi connectivity index (χ0v) is 17.2. The molecule has 2 aromatic carbocycles. The van der Waals surface area contributed by atoms with E-state index < -0.39 is 0 Å². The monoisotopic (exact) mass is 432 g/mol. The van der Waals surface area contributed by atoms with Crippen molar-refractivity contribution >= 4 is 29.1 Å². The number of thiocarbonyl (C=S) groups is 1. The second-order valence-electron chi connectivity index (χ2n) is 6.70. The Hall–Kier alpha value is -2.64. The van der Waals surface area contributed by atoms with Crippen molar-refractivity contribution in [2.45, 2.75) is 25.9 Å². The normalized spacial score (nSPS) is 13.1. The molecule has 0 fully saturated rings. The minimum Gasteiger partial charge on any atom is -0.460 e. The van der Waals surface area contributed by atoms with Crippen LogP contribution in [0.3, 0.4) is 0 Å². The van der Waals surface area contributed by atoms with Crippen molar-refractivity contribution in [2.75, 3.05) is 7.11 Å². The van der Waals surface area contributed by atoms with Crippen LogP contribution in [-0.4, -0.2) is 21.7 Å². The van der Waals surface area contributed by atoms with E-state index in [1.165, 1.54) is 19.2 Å². The number of hydrogen-bond donors (Lipinski definition) is 0. The van der Waals surface area contributed by atoms with E-state index in [9.17, 15) is 9.18 Å². The van der Waals surface area contributed by atoms with E-state index in [2.05, 4.69) is 0 Å². The van der Waals surface area contributed by atoms with Gasteiger partial charge in [-0.15, -0.1) is 0 Å². The average Bonchev–Trinajstić information content (AvgIpc) is 3.01. The highest BCUT2D eigenvalue weighted by Crippen LogP contribution is 2.37. The highest BCUT2D eigenvalue weighted by molar-refractivity contribution is 7.79. The summed E-state index contributed by atoms with van der Waals surface area (Å²) in [5, 5.41) is 0.327. The molecule has 29 heavy (non-hydrogen) atoms. The Bertz CT molecular complexity index is 1140. The van der Waals surface area contributed by atoms with Crippen molar-refractivity contribution in [3.8, 4) is 28.1 Å². The summed E-state index contributed by atoms with van der Waals surface area (Å²) in [5.74, 6) is 0.00441. The molecule has 2 heterocycles. The predicted molar refractivity (Wildman–Crippen MR) is 114 cm³/mol. The van der Waals surface area contributed by atoms with Crippen LogP contribution in [0.5, 0.6) is 5.88 Å². The van der Waals surface area contributed by atoms with Gasteiger partial charge in [0, 0.05) is 35.9 Å². The fraction of sp³-hybridized carbons (Fsp3) is 0.238. The van der Waals surface area contributed by atoms with Gasteiger partial charge in [-0.05, 0) is 48.2 Å². The van der Waals surface area contributed by atoms with Crippen LogP contribution in [0.15, 0.2) is 47.3 Å². The van der Waals surface area contributed by atoms with Gasteiger partial charge in [0.1, 0.15) is 11.4 Å². The SMILES string of the molecule is COC(=S)Oc1c(-c2cc(-c3ccc(F)cc3)ccc2Cl)c(=O)n2n1CCCC2. The van der Waals surface area contributed by atoms with Gasteiger partial charge in [-0.3, -0.25) is 9.48 Å². The summed E-state index contributed by atoms with van der Waals surface area (Å²) in [6, 6.07) is 11.5. The first-order chi connectivity index (χ1) is 14.0. The molecular formula is C21H18ClFN2O3S. The quantitative estimate of drug-likeness (QED) is 0.553. The minimum absolute atomic E-state index is 0.0801. The summed E-state index contributed by atoms with van der Waals surface area (Å²) in [4.78, 5) is 13.2. The number of ether oxygens (including phenoxy) is 2. The lowest BCUT2D eigenvalue weighted by Gasteiger charge is -2.19. The van der Waals surface area contributed by atoms with Crippen LogP contribution >= 0.6 is 23.8 Å². The van der Waals surface area contributed by atoms with Crippen LogP contribution in [-0.2, 0) is 17.8 Å². The summed E-state index contributed by atoms with van der Waals surface area (Å²) in [6.07, 6.45) is 1.83. The third kappa shape index (κ3) is 3.68. The van der Waals surface area contributed by atoms with Gasteiger partial charge in [0.05, 0.1) is 7.11 Å². The third-order valence-corrected chi connectivity index (χ3v) is 5.52. The number of rotatable bonds is 3. The van der Waals surface area contributed by atoms with E-state index in [0.29, 0.717) is 35.1 Å². The number of fused-ring (bicyclic) bond motifs is 1. The number of benzene rings is 2. The fourth-order valence-electron chi connectivity index (χ4n) is 3.53.